The molecule has 0 fully saturated rings. The Hall–Kier alpha value is -2.81. The molecule has 0 rings (SSSR count). The topological polar surface area (TPSA) is 134 Å². The maximum absolute atomic E-state index is 12.5. The zero-order chi connectivity index (χ0) is 37.5. The van der Waals surface area contributed by atoms with Crippen LogP contribution in [0.1, 0.15) is 129 Å². The highest BCUT2D eigenvalue weighted by molar-refractivity contribution is 7.47. The Morgan fingerprint density at radius 3 is 1.55 bits per heavy atom. The second-order valence-electron chi connectivity index (χ2n) is 12.0. The Kier molecular flexibility index (Phi) is 34.9. The van der Waals surface area contributed by atoms with Gasteiger partial charge in [-0.2, -0.15) is 0 Å². The predicted octanol–water partition coefficient (Wildman–Crippen LogP) is 10.5. The van der Waals surface area contributed by atoms with Crippen LogP contribution in [0, 0.1) is 0 Å². The van der Waals surface area contributed by atoms with Gasteiger partial charge < -0.3 is 20.1 Å². The minimum Gasteiger partial charge on any atom is -0.462 e. The van der Waals surface area contributed by atoms with Crippen LogP contribution in [-0.2, 0) is 32.7 Å². The molecule has 0 aliphatic rings. The van der Waals surface area contributed by atoms with Crippen LogP contribution in [0.15, 0.2) is 85.1 Å². The summed E-state index contributed by atoms with van der Waals surface area (Å²) in [5.41, 5.74) is 5.33. The van der Waals surface area contributed by atoms with Crippen molar-refractivity contribution in [2.45, 2.75) is 136 Å². The van der Waals surface area contributed by atoms with Gasteiger partial charge in [0.1, 0.15) is 6.61 Å². The Balaban J connectivity index is 4.35. The average Bonchev–Trinajstić information content (AvgIpc) is 3.11. The lowest BCUT2D eigenvalue weighted by molar-refractivity contribution is -0.161. The van der Waals surface area contributed by atoms with Crippen LogP contribution in [-0.4, -0.2) is 49.3 Å². The van der Waals surface area contributed by atoms with Crippen LogP contribution >= 0.6 is 7.82 Å². The molecular weight excluding hydrogens is 665 g/mol. The highest BCUT2D eigenvalue weighted by atomic mass is 31.2. The summed E-state index contributed by atoms with van der Waals surface area (Å²) >= 11 is 0. The first-order valence-corrected chi connectivity index (χ1v) is 20.6. The summed E-state index contributed by atoms with van der Waals surface area (Å²) in [4.78, 5) is 34.7. The van der Waals surface area contributed by atoms with Crippen LogP contribution in [0.2, 0.25) is 0 Å². The SMILES string of the molecule is CCC=CCC=CCC=CCC=CCCCCC(=O)OC[C@H](COP(=O)(O)OCCN)OC(=O)CCCCCCCC=CCC=CCC=CCC. The molecule has 0 heterocycles. The van der Waals surface area contributed by atoms with Gasteiger partial charge in [-0.1, -0.05) is 118 Å². The molecule has 0 radical (unpaired) electrons. The van der Waals surface area contributed by atoms with E-state index in [2.05, 4.69) is 98.9 Å². The number of phosphoric acid groups is 1. The summed E-state index contributed by atoms with van der Waals surface area (Å²) in [7, 11) is -4.39. The smallest absolute Gasteiger partial charge is 0.462 e. The molecule has 290 valence electrons. The Morgan fingerprint density at radius 1 is 0.588 bits per heavy atom. The Bertz CT molecular complexity index is 1110. The molecule has 0 aliphatic heterocycles. The molecule has 0 spiro atoms. The van der Waals surface area contributed by atoms with Gasteiger partial charge in [-0.05, 0) is 83.5 Å². The number of esters is 2. The van der Waals surface area contributed by atoms with Gasteiger partial charge in [-0.3, -0.25) is 18.6 Å². The van der Waals surface area contributed by atoms with Crippen LogP contribution in [0.25, 0.3) is 0 Å². The number of rotatable bonds is 34. The zero-order valence-electron chi connectivity index (χ0n) is 31.5. The van der Waals surface area contributed by atoms with Crippen molar-refractivity contribution in [2.24, 2.45) is 5.73 Å². The molecule has 3 N–H and O–H groups in total. The van der Waals surface area contributed by atoms with Gasteiger partial charge in [0.25, 0.3) is 0 Å². The first kappa shape index (κ1) is 48.2. The van der Waals surface area contributed by atoms with E-state index in [4.69, 9.17) is 24.3 Å². The number of ether oxygens (including phenoxy) is 2. The molecular formula is C41H68NO8P. The summed E-state index contributed by atoms with van der Waals surface area (Å²) in [6, 6.07) is 0. The molecule has 0 saturated carbocycles. The molecule has 10 heteroatoms. The fraction of sp³-hybridized carbons (Fsp3) is 0.610. The lowest BCUT2D eigenvalue weighted by atomic mass is 10.1. The van der Waals surface area contributed by atoms with Gasteiger partial charge >= 0.3 is 19.8 Å². The van der Waals surface area contributed by atoms with Gasteiger partial charge in [-0.25, -0.2) is 4.57 Å². The van der Waals surface area contributed by atoms with Crippen LogP contribution in [0.3, 0.4) is 0 Å². The number of carbonyl (C=O) groups excluding carboxylic acids is 2. The number of hydrogen-bond acceptors (Lipinski definition) is 8. The van der Waals surface area contributed by atoms with Gasteiger partial charge in [-0.15, -0.1) is 0 Å². The number of unbranched alkanes of at least 4 members (excludes halogenated alkanes) is 7. The fourth-order valence-electron chi connectivity index (χ4n) is 4.52. The standard InChI is InChI=1S/C41H68NO8P/c1-3-5-7-9-11-13-15-17-19-21-23-25-27-29-31-33-40(43)47-37-39(38-49-51(45,46)48-36-35-42)50-41(44)34-32-30-28-26-24-22-20-18-16-14-12-10-8-6-4-2/h5-8,11-14,17-20,23,25,39H,3-4,9-10,15-16,21-22,24,26-38,42H2,1-2H3,(H,45,46)/t39-/m1/s1. The molecule has 0 amide bonds. The minimum absolute atomic E-state index is 0.0396. The summed E-state index contributed by atoms with van der Waals surface area (Å²) in [5.74, 6) is -0.909. The van der Waals surface area contributed by atoms with Gasteiger partial charge in [0.05, 0.1) is 13.2 Å². The van der Waals surface area contributed by atoms with E-state index in [1.54, 1.807) is 0 Å². The Morgan fingerprint density at radius 2 is 1.02 bits per heavy atom. The van der Waals surface area contributed by atoms with E-state index in [1.807, 2.05) is 0 Å². The molecule has 0 aromatic rings. The second kappa shape index (κ2) is 37.0. The van der Waals surface area contributed by atoms with Crippen molar-refractivity contribution in [3.05, 3.63) is 85.1 Å². The van der Waals surface area contributed by atoms with Crippen LogP contribution in [0.4, 0.5) is 0 Å². The normalized spacial score (nSPS) is 14.4. The lowest BCUT2D eigenvalue weighted by Gasteiger charge is -2.19. The van der Waals surface area contributed by atoms with E-state index in [1.165, 1.54) is 0 Å². The van der Waals surface area contributed by atoms with Gasteiger partial charge in [0.2, 0.25) is 0 Å². The molecule has 0 aromatic carbocycles. The second-order valence-corrected chi connectivity index (χ2v) is 13.5. The predicted molar refractivity (Wildman–Crippen MR) is 210 cm³/mol. The highest BCUT2D eigenvalue weighted by Gasteiger charge is 2.25. The van der Waals surface area contributed by atoms with Gasteiger partial charge in [0, 0.05) is 19.4 Å². The van der Waals surface area contributed by atoms with Crippen molar-refractivity contribution >= 4 is 19.8 Å². The van der Waals surface area contributed by atoms with Crippen molar-refractivity contribution in [3.63, 3.8) is 0 Å². The minimum atomic E-state index is -4.39. The maximum Gasteiger partial charge on any atom is 0.472 e. The number of allylic oxidation sites excluding steroid dienone is 14. The van der Waals surface area contributed by atoms with E-state index < -0.39 is 32.5 Å². The third-order valence-corrected chi connectivity index (χ3v) is 8.26. The lowest BCUT2D eigenvalue weighted by Crippen LogP contribution is -2.29. The van der Waals surface area contributed by atoms with Crippen molar-refractivity contribution in [1.82, 2.24) is 0 Å². The molecule has 0 aliphatic carbocycles. The maximum atomic E-state index is 12.5. The first-order valence-electron chi connectivity index (χ1n) is 19.1. The van der Waals surface area contributed by atoms with Crippen molar-refractivity contribution in [3.8, 4) is 0 Å². The Labute approximate surface area is 309 Å². The first-order chi connectivity index (χ1) is 24.8. The molecule has 0 aromatic heterocycles. The van der Waals surface area contributed by atoms with E-state index in [9.17, 15) is 19.0 Å². The van der Waals surface area contributed by atoms with Crippen molar-refractivity contribution < 1.29 is 37.6 Å². The number of phosphoric ester groups is 1. The summed E-state index contributed by atoms with van der Waals surface area (Å²) in [6.07, 6.45) is 44.7. The quantitative estimate of drug-likeness (QED) is 0.0287. The molecule has 0 bridgehead atoms. The fourth-order valence-corrected chi connectivity index (χ4v) is 5.28. The van der Waals surface area contributed by atoms with E-state index in [0.29, 0.717) is 12.8 Å². The molecule has 51 heavy (non-hydrogen) atoms. The number of nitrogens with two attached hydrogens (primary N) is 1. The van der Waals surface area contributed by atoms with Crippen LogP contribution in [0.5, 0.6) is 0 Å². The third kappa shape index (κ3) is 36.8. The van der Waals surface area contributed by atoms with Crippen molar-refractivity contribution in [1.29, 1.82) is 0 Å². The molecule has 2 atom stereocenters. The summed E-state index contributed by atoms with van der Waals surface area (Å²) < 4.78 is 32.6. The average molecular weight is 734 g/mol. The van der Waals surface area contributed by atoms with E-state index in [-0.39, 0.29) is 32.6 Å². The highest BCUT2D eigenvalue weighted by Crippen LogP contribution is 2.43. The number of carbonyl (C=O) groups is 2. The molecule has 1 unspecified atom stereocenters. The molecule has 0 saturated heterocycles. The number of hydrogen-bond donors (Lipinski definition) is 2. The molecule has 9 nitrogen and oxygen atoms in total. The van der Waals surface area contributed by atoms with E-state index >= 15 is 0 Å². The zero-order valence-corrected chi connectivity index (χ0v) is 32.4. The summed E-state index contributed by atoms with van der Waals surface area (Å²) in [5, 5.41) is 0. The summed E-state index contributed by atoms with van der Waals surface area (Å²) in [6.45, 7) is 3.40. The van der Waals surface area contributed by atoms with Gasteiger partial charge in [0.15, 0.2) is 6.10 Å². The largest absolute Gasteiger partial charge is 0.472 e. The monoisotopic (exact) mass is 733 g/mol. The third-order valence-electron chi connectivity index (χ3n) is 7.28. The van der Waals surface area contributed by atoms with Crippen molar-refractivity contribution in [2.75, 3.05) is 26.4 Å². The van der Waals surface area contributed by atoms with E-state index in [0.717, 1.165) is 89.9 Å². The van der Waals surface area contributed by atoms with Crippen LogP contribution < -0.4 is 5.73 Å².